The maximum atomic E-state index is 11.1. The van der Waals surface area contributed by atoms with Crippen LogP contribution in [0.2, 0.25) is 0 Å². The fraction of sp³-hybridized carbons (Fsp3) is 0.533. The topological polar surface area (TPSA) is 58.6 Å². The second-order valence-electron chi connectivity index (χ2n) is 5.04. The summed E-state index contributed by atoms with van der Waals surface area (Å²) in [6, 6.07) is 5.95. The second-order valence-corrected chi connectivity index (χ2v) is 5.04. The molecule has 0 saturated heterocycles. The van der Waals surface area contributed by atoms with Gasteiger partial charge in [0.05, 0.1) is 6.61 Å². The van der Waals surface area contributed by atoms with Crippen LogP contribution in [0.25, 0.3) is 0 Å². The lowest BCUT2D eigenvalue weighted by atomic mass is 9.96. The highest BCUT2D eigenvalue weighted by atomic mass is 16.5. The third-order valence-corrected chi connectivity index (χ3v) is 3.66. The van der Waals surface area contributed by atoms with Crippen molar-refractivity contribution in [2.75, 3.05) is 13.7 Å². The Labute approximate surface area is 114 Å². The van der Waals surface area contributed by atoms with Crippen LogP contribution in [0, 0.1) is 13.8 Å². The zero-order chi connectivity index (χ0) is 14.5. The molecule has 0 bridgehead atoms. The van der Waals surface area contributed by atoms with E-state index in [9.17, 15) is 4.79 Å². The minimum Gasteiger partial charge on any atom is -0.493 e. The highest BCUT2D eigenvalue weighted by Gasteiger charge is 2.30. The quantitative estimate of drug-likeness (QED) is 0.744. The number of hydrogen-bond acceptors (Lipinski definition) is 3. The number of hydrogen-bond donors (Lipinski definition) is 2. The molecule has 4 heteroatoms. The maximum Gasteiger partial charge on any atom is 0.323 e. The number of aryl methyl sites for hydroxylation is 1. The molecule has 0 aliphatic heterocycles. The standard InChI is InChI=1S/C15H23NO3/c1-11-7-5-8-13(12(11)2)19-10-6-9-15(3,16-4)14(17)18/h5,7-8,16H,6,9-10H2,1-4H3,(H,17,18). The minimum absolute atomic E-state index is 0.523. The molecule has 4 nitrogen and oxygen atoms in total. The Morgan fingerprint density at radius 1 is 1.42 bits per heavy atom. The Hall–Kier alpha value is -1.55. The Balaban J connectivity index is 2.47. The molecular weight excluding hydrogens is 242 g/mol. The molecule has 19 heavy (non-hydrogen) atoms. The number of carboxylic acid groups (broad SMARTS) is 1. The normalized spacial score (nSPS) is 13.9. The first-order valence-corrected chi connectivity index (χ1v) is 6.52. The van der Waals surface area contributed by atoms with Gasteiger partial charge in [-0.25, -0.2) is 0 Å². The van der Waals surface area contributed by atoms with Gasteiger partial charge in [-0.2, -0.15) is 0 Å². The van der Waals surface area contributed by atoms with Crippen LogP contribution in [0.15, 0.2) is 18.2 Å². The van der Waals surface area contributed by atoms with E-state index in [0.717, 1.165) is 11.3 Å². The Morgan fingerprint density at radius 2 is 2.11 bits per heavy atom. The number of likely N-dealkylation sites (N-methyl/N-ethyl adjacent to an activating group) is 1. The van der Waals surface area contributed by atoms with E-state index in [0.29, 0.717) is 19.4 Å². The second kappa shape index (κ2) is 6.57. The summed E-state index contributed by atoms with van der Waals surface area (Å²) in [5, 5.41) is 12.0. The first kappa shape index (κ1) is 15.5. The summed E-state index contributed by atoms with van der Waals surface area (Å²) in [6.07, 6.45) is 1.22. The predicted octanol–water partition coefficient (Wildman–Crippen LogP) is 2.53. The molecule has 1 rings (SSSR count). The Bertz CT molecular complexity index is 445. The van der Waals surface area contributed by atoms with Gasteiger partial charge in [-0.15, -0.1) is 0 Å². The molecule has 0 heterocycles. The summed E-state index contributed by atoms with van der Waals surface area (Å²) >= 11 is 0. The largest absolute Gasteiger partial charge is 0.493 e. The molecule has 1 aromatic carbocycles. The van der Waals surface area contributed by atoms with E-state index < -0.39 is 11.5 Å². The molecule has 1 aromatic rings. The summed E-state index contributed by atoms with van der Waals surface area (Å²) in [7, 11) is 1.67. The van der Waals surface area contributed by atoms with Crippen LogP contribution >= 0.6 is 0 Å². The van der Waals surface area contributed by atoms with E-state index in [2.05, 4.69) is 5.32 Å². The SMILES string of the molecule is CNC(C)(CCCOc1cccc(C)c1C)C(=O)O. The molecular formula is C15H23NO3. The summed E-state index contributed by atoms with van der Waals surface area (Å²) in [6.45, 7) is 6.28. The first-order valence-electron chi connectivity index (χ1n) is 6.52. The van der Waals surface area contributed by atoms with E-state index in [4.69, 9.17) is 9.84 Å². The van der Waals surface area contributed by atoms with Crippen molar-refractivity contribution in [3.63, 3.8) is 0 Å². The number of rotatable bonds is 7. The van der Waals surface area contributed by atoms with Crippen LogP contribution in [-0.4, -0.2) is 30.3 Å². The van der Waals surface area contributed by atoms with Crippen molar-refractivity contribution >= 4 is 5.97 Å². The summed E-state index contributed by atoms with van der Waals surface area (Å²) in [5.41, 5.74) is 1.45. The van der Waals surface area contributed by atoms with Gasteiger partial charge < -0.3 is 15.2 Å². The first-order chi connectivity index (χ1) is 8.90. The number of benzene rings is 1. The van der Waals surface area contributed by atoms with Crippen LogP contribution in [0.3, 0.4) is 0 Å². The van der Waals surface area contributed by atoms with E-state index in [1.807, 2.05) is 32.0 Å². The van der Waals surface area contributed by atoms with Gasteiger partial charge in [-0.3, -0.25) is 4.79 Å². The third-order valence-electron chi connectivity index (χ3n) is 3.66. The minimum atomic E-state index is -0.884. The van der Waals surface area contributed by atoms with Gasteiger partial charge in [0.15, 0.2) is 0 Å². The lowest BCUT2D eigenvalue weighted by molar-refractivity contribution is -0.144. The highest BCUT2D eigenvalue weighted by Crippen LogP contribution is 2.21. The number of ether oxygens (including phenoxy) is 1. The van der Waals surface area contributed by atoms with Crippen molar-refractivity contribution in [1.29, 1.82) is 0 Å². The van der Waals surface area contributed by atoms with Gasteiger partial charge in [0.2, 0.25) is 0 Å². The van der Waals surface area contributed by atoms with Crippen molar-refractivity contribution in [3.05, 3.63) is 29.3 Å². The zero-order valence-corrected chi connectivity index (χ0v) is 12.1. The van der Waals surface area contributed by atoms with E-state index in [1.54, 1.807) is 14.0 Å². The van der Waals surface area contributed by atoms with Crippen LogP contribution in [-0.2, 0) is 4.79 Å². The molecule has 0 aliphatic rings. The van der Waals surface area contributed by atoms with Crippen molar-refractivity contribution < 1.29 is 14.6 Å². The van der Waals surface area contributed by atoms with Crippen molar-refractivity contribution in [2.24, 2.45) is 0 Å². The van der Waals surface area contributed by atoms with Gasteiger partial charge in [-0.1, -0.05) is 12.1 Å². The zero-order valence-electron chi connectivity index (χ0n) is 12.1. The van der Waals surface area contributed by atoms with Gasteiger partial charge in [0.25, 0.3) is 0 Å². The lowest BCUT2D eigenvalue weighted by Crippen LogP contribution is -2.47. The molecule has 106 valence electrons. The van der Waals surface area contributed by atoms with Gasteiger partial charge in [-0.05, 0) is 57.9 Å². The molecule has 0 radical (unpaired) electrons. The van der Waals surface area contributed by atoms with Gasteiger partial charge in [0.1, 0.15) is 11.3 Å². The number of nitrogens with one attached hydrogen (secondary N) is 1. The van der Waals surface area contributed by atoms with Crippen LogP contribution in [0.4, 0.5) is 0 Å². The summed E-state index contributed by atoms with van der Waals surface area (Å²) < 4.78 is 5.72. The third kappa shape index (κ3) is 3.96. The molecule has 2 N–H and O–H groups in total. The number of carbonyl (C=O) groups is 1. The molecule has 0 amide bonds. The summed E-state index contributed by atoms with van der Waals surface area (Å²) in [4.78, 5) is 11.1. The monoisotopic (exact) mass is 265 g/mol. The smallest absolute Gasteiger partial charge is 0.323 e. The molecule has 0 aliphatic carbocycles. The molecule has 0 spiro atoms. The van der Waals surface area contributed by atoms with Crippen LogP contribution in [0.1, 0.15) is 30.9 Å². The summed E-state index contributed by atoms with van der Waals surface area (Å²) in [5.74, 6) is 0.0446. The van der Waals surface area contributed by atoms with Crippen molar-refractivity contribution in [2.45, 2.75) is 39.2 Å². The molecule has 0 fully saturated rings. The van der Waals surface area contributed by atoms with Crippen LogP contribution < -0.4 is 10.1 Å². The van der Waals surface area contributed by atoms with E-state index >= 15 is 0 Å². The molecule has 1 atom stereocenters. The van der Waals surface area contributed by atoms with E-state index in [1.165, 1.54) is 5.56 Å². The number of aliphatic carboxylic acids is 1. The van der Waals surface area contributed by atoms with Gasteiger partial charge >= 0.3 is 5.97 Å². The molecule has 1 unspecified atom stereocenters. The van der Waals surface area contributed by atoms with Gasteiger partial charge in [0, 0.05) is 0 Å². The average molecular weight is 265 g/mol. The lowest BCUT2D eigenvalue weighted by Gasteiger charge is -2.24. The average Bonchev–Trinajstić information content (AvgIpc) is 2.38. The molecule has 0 aromatic heterocycles. The fourth-order valence-corrected chi connectivity index (χ4v) is 1.83. The highest BCUT2D eigenvalue weighted by molar-refractivity contribution is 5.78. The Kier molecular flexibility index (Phi) is 5.36. The van der Waals surface area contributed by atoms with E-state index in [-0.39, 0.29) is 0 Å². The van der Waals surface area contributed by atoms with Crippen LogP contribution in [0.5, 0.6) is 5.75 Å². The van der Waals surface area contributed by atoms with Crippen molar-refractivity contribution in [3.8, 4) is 5.75 Å². The molecule has 0 saturated carbocycles. The maximum absolute atomic E-state index is 11.1. The van der Waals surface area contributed by atoms with Crippen molar-refractivity contribution in [1.82, 2.24) is 5.32 Å². The number of carboxylic acids is 1. The fourth-order valence-electron chi connectivity index (χ4n) is 1.83. The predicted molar refractivity (Wildman–Crippen MR) is 75.7 cm³/mol. The Morgan fingerprint density at radius 3 is 2.68 bits per heavy atom.